The molecule has 4 rings (SSSR count). The van der Waals surface area contributed by atoms with E-state index in [0.29, 0.717) is 12.2 Å². The van der Waals surface area contributed by atoms with E-state index < -0.39 is 51.5 Å². The van der Waals surface area contributed by atoms with Crippen LogP contribution in [0.4, 0.5) is 5.13 Å². The van der Waals surface area contributed by atoms with Gasteiger partial charge in [0.15, 0.2) is 10.8 Å². The molecule has 2 aliphatic rings. The van der Waals surface area contributed by atoms with Crippen molar-refractivity contribution in [2.24, 2.45) is 5.16 Å². The van der Waals surface area contributed by atoms with Crippen LogP contribution in [0.1, 0.15) is 30.7 Å². The van der Waals surface area contributed by atoms with E-state index in [9.17, 15) is 32.5 Å². The van der Waals surface area contributed by atoms with Crippen molar-refractivity contribution in [3.8, 4) is 0 Å². The van der Waals surface area contributed by atoms with Gasteiger partial charge >= 0.3 is 16.3 Å². The second-order valence-electron chi connectivity index (χ2n) is 9.06. The monoisotopic (exact) mass is 600 g/mol. The predicted octanol–water partition coefficient (Wildman–Crippen LogP) is -2.45. The maximum absolute atomic E-state index is 13.2. The number of nitrogens with two attached hydrogens (primary N) is 1. The molecule has 0 unspecified atom stereocenters. The molecule has 18 nitrogen and oxygen atoms in total. The van der Waals surface area contributed by atoms with Gasteiger partial charge < -0.3 is 31.6 Å². The number of aliphatic carboxylic acids is 1. The van der Waals surface area contributed by atoms with Gasteiger partial charge in [0, 0.05) is 24.8 Å². The Bertz CT molecular complexity index is 1400. The Morgan fingerprint density at radius 3 is 2.70 bits per heavy atom. The van der Waals surface area contributed by atoms with Gasteiger partial charge in [0.1, 0.15) is 17.8 Å². The maximum atomic E-state index is 13.2. The lowest BCUT2D eigenvalue weighted by Gasteiger charge is -2.43. The SMILES string of the molecule is CNCCCNCc1cnn(C[C@H]2[C@H](NC(=O)C(=NOC3(C(=O)O)CC3)c3csc(N)n3)C(=O)N2S(=O)(=O)O)n1. The number of anilines is 1. The molecule has 20 heteroatoms. The molecule has 3 heterocycles. The zero-order valence-electron chi connectivity index (χ0n) is 21.2. The first kappa shape index (κ1) is 29.3. The van der Waals surface area contributed by atoms with Crippen molar-refractivity contribution in [1.82, 2.24) is 40.2 Å². The van der Waals surface area contributed by atoms with E-state index >= 15 is 0 Å². The average Bonchev–Trinajstić information content (AvgIpc) is 3.36. The van der Waals surface area contributed by atoms with Gasteiger partial charge in [-0.05, 0) is 26.6 Å². The van der Waals surface area contributed by atoms with Crippen LogP contribution in [-0.4, -0.2) is 104 Å². The number of carbonyl (C=O) groups excluding carboxylic acids is 2. The van der Waals surface area contributed by atoms with Crippen LogP contribution in [0, 0.1) is 0 Å². The number of thiazole rings is 1. The van der Waals surface area contributed by atoms with E-state index in [4.69, 9.17) is 10.6 Å². The summed E-state index contributed by atoms with van der Waals surface area (Å²) in [5, 5.41) is 31.4. The Morgan fingerprint density at radius 2 is 2.10 bits per heavy atom. The van der Waals surface area contributed by atoms with Gasteiger partial charge in [-0.2, -0.15) is 23.4 Å². The van der Waals surface area contributed by atoms with Crippen LogP contribution in [0.15, 0.2) is 16.7 Å². The Morgan fingerprint density at radius 1 is 1.35 bits per heavy atom. The second kappa shape index (κ2) is 11.8. The Balaban J connectivity index is 1.49. The highest BCUT2D eigenvalue weighted by Crippen LogP contribution is 2.40. The van der Waals surface area contributed by atoms with Gasteiger partial charge in [-0.3, -0.25) is 14.1 Å². The number of nitrogens with zero attached hydrogens (tertiary/aromatic N) is 6. The summed E-state index contributed by atoms with van der Waals surface area (Å²) in [6, 6.07) is -2.72. The number of amides is 2. The smallest absolute Gasteiger partial charge is 0.362 e. The van der Waals surface area contributed by atoms with Crippen molar-refractivity contribution < 1.29 is 37.3 Å². The van der Waals surface area contributed by atoms with Crippen molar-refractivity contribution in [3.63, 3.8) is 0 Å². The van der Waals surface area contributed by atoms with Crippen LogP contribution in [0.5, 0.6) is 0 Å². The number of carboxylic acid groups (broad SMARTS) is 1. The molecule has 0 radical (unpaired) electrons. The molecule has 0 bridgehead atoms. The minimum Gasteiger partial charge on any atom is -0.478 e. The van der Waals surface area contributed by atoms with Crippen molar-refractivity contribution in [3.05, 3.63) is 23.0 Å². The van der Waals surface area contributed by atoms with Gasteiger partial charge in [0.2, 0.25) is 5.60 Å². The van der Waals surface area contributed by atoms with Crippen LogP contribution in [0.2, 0.25) is 0 Å². The molecule has 1 aliphatic carbocycles. The summed E-state index contributed by atoms with van der Waals surface area (Å²) < 4.78 is 33.6. The molecule has 2 atom stereocenters. The molecule has 1 saturated carbocycles. The number of carbonyl (C=O) groups is 3. The fraction of sp³-hybridized carbons (Fsp3) is 0.550. The van der Waals surface area contributed by atoms with Gasteiger partial charge in [-0.25, -0.2) is 14.1 Å². The fourth-order valence-corrected chi connectivity index (χ4v) is 5.24. The normalized spacial score (nSPS) is 20.2. The van der Waals surface area contributed by atoms with E-state index in [1.165, 1.54) is 11.6 Å². The predicted molar refractivity (Wildman–Crippen MR) is 138 cm³/mol. The van der Waals surface area contributed by atoms with Gasteiger partial charge in [-0.15, -0.1) is 11.3 Å². The average molecular weight is 601 g/mol. The third kappa shape index (κ3) is 6.53. The number of rotatable bonds is 15. The maximum Gasteiger partial charge on any atom is 0.362 e. The largest absolute Gasteiger partial charge is 0.478 e. The number of nitrogen functional groups attached to an aromatic ring is 1. The summed E-state index contributed by atoms with van der Waals surface area (Å²) in [6.07, 6.45) is 2.70. The number of carboxylic acids is 1. The molecule has 0 aromatic carbocycles. The van der Waals surface area contributed by atoms with Gasteiger partial charge in [0.25, 0.3) is 11.8 Å². The van der Waals surface area contributed by atoms with Crippen LogP contribution in [0.3, 0.4) is 0 Å². The number of hydrogen-bond donors (Lipinski definition) is 6. The van der Waals surface area contributed by atoms with Crippen molar-refractivity contribution >= 4 is 50.3 Å². The first-order valence-corrected chi connectivity index (χ1v) is 14.3. The second-order valence-corrected chi connectivity index (χ2v) is 11.2. The standard InChI is InChI=1S/C20H28N10O8S2/c1-22-5-2-6-23-7-11-8-24-29(27-11)9-13-15(17(32)30(13)40(35,36)37)26-16(31)14(12-10-39-19(21)25-12)28-38-20(3-4-20)18(33)34/h8,10,13,15,22-23H,2-7,9H2,1H3,(H2,21,25)(H,26,31)(H,33,34)(H,35,36,37)/t13-,15-/m0/s1. The minimum absolute atomic E-state index is 0.0447. The number of aromatic nitrogens is 4. The molecule has 0 spiro atoms. The molecule has 218 valence electrons. The van der Waals surface area contributed by atoms with Gasteiger partial charge in [0.05, 0.1) is 18.4 Å². The summed E-state index contributed by atoms with van der Waals surface area (Å²) in [5.41, 5.74) is 4.11. The quantitative estimate of drug-likeness (QED) is 0.0408. The Kier molecular flexibility index (Phi) is 8.63. The zero-order chi connectivity index (χ0) is 29.1. The third-order valence-electron chi connectivity index (χ3n) is 6.11. The molecule has 7 N–H and O–H groups in total. The molecule has 2 amide bonds. The lowest BCUT2D eigenvalue weighted by molar-refractivity contribution is -0.153. The van der Waals surface area contributed by atoms with Gasteiger partial charge in [-0.1, -0.05) is 5.16 Å². The highest BCUT2D eigenvalue weighted by molar-refractivity contribution is 7.84. The minimum atomic E-state index is -4.97. The Hall–Kier alpha value is -3.72. The highest BCUT2D eigenvalue weighted by Gasteiger charge is 2.56. The molecule has 1 aliphatic heterocycles. The number of β-lactam (4-membered cyclic amide) rings is 1. The highest BCUT2D eigenvalue weighted by atomic mass is 32.2. The van der Waals surface area contributed by atoms with E-state index in [0.717, 1.165) is 35.6 Å². The lowest BCUT2D eigenvalue weighted by atomic mass is 9.98. The summed E-state index contributed by atoms with van der Waals surface area (Å²) in [6.45, 7) is 1.67. The fourth-order valence-electron chi connectivity index (χ4n) is 3.82. The van der Waals surface area contributed by atoms with E-state index in [2.05, 4.69) is 36.3 Å². The number of hydrogen-bond acceptors (Lipinski definition) is 14. The Labute approximate surface area is 231 Å². The lowest BCUT2D eigenvalue weighted by Crippen LogP contribution is -2.73. The van der Waals surface area contributed by atoms with Crippen LogP contribution in [0.25, 0.3) is 0 Å². The molecule has 2 fully saturated rings. The first-order chi connectivity index (χ1) is 18.9. The molecule has 1 saturated heterocycles. The van der Waals surface area contributed by atoms with Crippen molar-refractivity contribution in [1.29, 1.82) is 0 Å². The number of nitrogens with one attached hydrogen (secondary N) is 3. The molecule has 2 aromatic rings. The topological polar surface area (TPSA) is 256 Å². The van der Waals surface area contributed by atoms with E-state index in [1.807, 2.05) is 7.05 Å². The molecule has 2 aromatic heterocycles. The first-order valence-electron chi connectivity index (χ1n) is 12.0. The third-order valence-corrected chi connectivity index (χ3v) is 7.73. The zero-order valence-corrected chi connectivity index (χ0v) is 22.8. The summed E-state index contributed by atoms with van der Waals surface area (Å²) in [4.78, 5) is 47.6. The van der Waals surface area contributed by atoms with Crippen LogP contribution >= 0.6 is 11.3 Å². The van der Waals surface area contributed by atoms with E-state index in [1.54, 1.807) is 0 Å². The van der Waals surface area contributed by atoms with Crippen LogP contribution in [-0.2, 0) is 42.6 Å². The summed E-state index contributed by atoms with van der Waals surface area (Å²) in [7, 11) is -3.12. The van der Waals surface area contributed by atoms with Crippen molar-refractivity contribution in [2.75, 3.05) is 25.9 Å². The molecular weight excluding hydrogens is 572 g/mol. The summed E-state index contributed by atoms with van der Waals surface area (Å²) >= 11 is 0.981. The van der Waals surface area contributed by atoms with Crippen LogP contribution < -0.4 is 21.7 Å². The van der Waals surface area contributed by atoms with Crippen molar-refractivity contribution in [2.45, 2.75) is 50.0 Å². The number of oxime groups is 1. The summed E-state index contributed by atoms with van der Waals surface area (Å²) in [5.74, 6) is -3.38. The molecular formula is C20H28N10O8S2. The molecule has 40 heavy (non-hydrogen) atoms. The van der Waals surface area contributed by atoms with E-state index in [-0.39, 0.29) is 34.5 Å².